The Hall–Kier alpha value is -3.41. The van der Waals surface area contributed by atoms with Crippen molar-refractivity contribution in [2.75, 3.05) is 0 Å². The number of para-hydroxylation sites is 1. The summed E-state index contributed by atoms with van der Waals surface area (Å²) in [6.45, 7) is 3.78. The Morgan fingerprint density at radius 2 is 1.88 bits per heavy atom. The fraction of sp³-hybridized carbons (Fsp3) is 0.150. The van der Waals surface area contributed by atoms with Gasteiger partial charge in [-0.15, -0.1) is 0 Å². The number of benzene rings is 2. The van der Waals surface area contributed by atoms with Crippen molar-refractivity contribution >= 4 is 16.9 Å². The normalized spacial score (nSPS) is 11.0. The molecule has 4 rings (SSSR count). The predicted octanol–water partition coefficient (Wildman–Crippen LogP) is 4.19. The highest BCUT2D eigenvalue weighted by atomic mass is 16.6. The molecule has 6 nitrogen and oxygen atoms in total. The average molecular weight is 347 g/mol. The molecule has 1 N–H and O–H groups in total. The molecule has 130 valence electrons. The summed E-state index contributed by atoms with van der Waals surface area (Å²) in [7, 11) is 0. The van der Waals surface area contributed by atoms with Crippen LogP contribution in [0.3, 0.4) is 0 Å². The largest absolute Gasteiger partial charge is 0.452 e. The van der Waals surface area contributed by atoms with Crippen LogP contribution >= 0.6 is 0 Å². The Kier molecular flexibility index (Phi) is 4.01. The summed E-state index contributed by atoms with van der Waals surface area (Å²) in [5, 5.41) is 4.77. The first-order valence-electron chi connectivity index (χ1n) is 8.26. The van der Waals surface area contributed by atoms with E-state index >= 15 is 0 Å². The van der Waals surface area contributed by atoms with E-state index in [4.69, 9.17) is 9.26 Å². The average Bonchev–Trinajstić information content (AvgIpc) is 3.24. The Balaban J connectivity index is 1.50. The summed E-state index contributed by atoms with van der Waals surface area (Å²) < 4.78 is 10.6. The van der Waals surface area contributed by atoms with Crippen LogP contribution in [-0.4, -0.2) is 21.1 Å². The van der Waals surface area contributed by atoms with Crippen LogP contribution in [0.5, 0.6) is 0 Å². The smallest absolute Gasteiger partial charge is 0.341 e. The molecule has 6 heteroatoms. The number of nitrogens with one attached hydrogen (secondary N) is 1. The van der Waals surface area contributed by atoms with E-state index < -0.39 is 5.97 Å². The van der Waals surface area contributed by atoms with E-state index in [-0.39, 0.29) is 12.5 Å². The van der Waals surface area contributed by atoms with Gasteiger partial charge in [0.25, 0.3) is 5.89 Å². The fourth-order valence-electron chi connectivity index (χ4n) is 2.87. The molecule has 0 saturated heterocycles. The van der Waals surface area contributed by atoms with Gasteiger partial charge < -0.3 is 14.2 Å². The van der Waals surface area contributed by atoms with Crippen LogP contribution < -0.4 is 0 Å². The zero-order valence-electron chi connectivity index (χ0n) is 14.4. The molecule has 0 amide bonds. The van der Waals surface area contributed by atoms with Crippen LogP contribution in [-0.2, 0) is 11.3 Å². The van der Waals surface area contributed by atoms with Crippen LogP contribution in [0, 0.1) is 13.8 Å². The SMILES string of the molecule is Cc1ccc(-c2noc(COC(=O)c3c(C)[nH]c4ccccc34)n2)cc1. The van der Waals surface area contributed by atoms with Gasteiger partial charge in [-0.05, 0) is 19.9 Å². The number of aryl methyl sites for hydroxylation is 2. The van der Waals surface area contributed by atoms with Gasteiger partial charge in [0.05, 0.1) is 5.56 Å². The van der Waals surface area contributed by atoms with Gasteiger partial charge in [0.15, 0.2) is 6.61 Å². The van der Waals surface area contributed by atoms with E-state index in [1.165, 1.54) is 0 Å². The van der Waals surface area contributed by atoms with Crippen molar-refractivity contribution in [1.29, 1.82) is 0 Å². The molecule has 0 aliphatic heterocycles. The second-order valence-electron chi connectivity index (χ2n) is 6.12. The number of esters is 1. The molecule has 0 fully saturated rings. The van der Waals surface area contributed by atoms with Crippen molar-refractivity contribution in [2.45, 2.75) is 20.5 Å². The molecule has 0 aliphatic rings. The van der Waals surface area contributed by atoms with Gasteiger partial charge in [-0.3, -0.25) is 0 Å². The van der Waals surface area contributed by atoms with E-state index in [1.54, 1.807) is 0 Å². The summed E-state index contributed by atoms with van der Waals surface area (Å²) in [4.78, 5) is 20.0. The summed E-state index contributed by atoms with van der Waals surface area (Å²) in [5.74, 6) is 0.306. The number of rotatable bonds is 4. The third kappa shape index (κ3) is 2.97. The van der Waals surface area contributed by atoms with E-state index in [2.05, 4.69) is 15.1 Å². The number of ether oxygens (including phenoxy) is 1. The van der Waals surface area contributed by atoms with Gasteiger partial charge in [-0.1, -0.05) is 53.2 Å². The number of aromatic amines is 1. The lowest BCUT2D eigenvalue weighted by molar-refractivity contribution is 0.0431. The molecule has 0 aliphatic carbocycles. The molecule has 2 heterocycles. The first-order chi connectivity index (χ1) is 12.6. The van der Waals surface area contributed by atoms with Crippen LogP contribution in [0.4, 0.5) is 0 Å². The van der Waals surface area contributed by atoms with Crippen LogP contribution in [0.15, 0.2) is 53.1 Å². The molecule has 0 saturated carbocycles. The molecule has 2 aromatic carbocycles. The minimum absolute atomic E-state index is 0.0728. The maximum atomic E-state index is 12.5. The molecule has 0 spiro atoms. The molecular weight excluding hydrogens is 330 g/mol. The van der Waals surface area contributed by atoms with Crippen LogP contribution in [0.1, 0.15) is 27.5 Å². The van der Waals surface area contributed by atoms with Gasteiger partial charge >= 0.3 is 5.97 Å². The maximum absolute atomic E-state index is 12.5. The molecule has 26 heavy (non-hydrogen) atoms. The first kappa shape index (κ1) is 16.1. The van der Waals surface area contributed by atoms with Gasteiger partial charge in [0.2, 0.25) is 5.82 Å². The number of H-pyrrole nitrogens is 1. The van der Waals surface area contributed by atoms with Crippen molar-refractivity contribution in [3.8, 4) is 11.4 Å². The second-order valence-corrected chi connectivity index (χ2v) is 6.12. The van der Waals surface area contributed by atoms with Crippen molar-refractivity contribution in [2.24, 2.45) is 0 Å². The van der Waals surface area contributed by atoms with Gasteiger partial charge in [-0.2, -0.15) is 4.98 Å². The summed E-state index contributed by atoms with van der Waals surface area (Å²) in [5.41, 5.74) is 4.20. The third-order valence-electron chi connectivity index (χ3n) is 4.20. The van der Waals surface area contributed by atoms with E-state index in [1.807, 2.05) is 62.4 Å². The lowest BCUT2D eigenvalue weighted by Gasteiger charge is -2.02. The van der Waals surface area contributed by atoms with E-state index in [9.17, 15) is 4.79 Å². The van der Waals surface area contributed by atoms with Gasteiger partial charge in [0, 0.05) is 22.2 Å². The number of carbonyl (C=O) groups excluding carboxylic acids is 1. The third-order valence-corrected chi connectivity index (χ3v) is 4.20. The Bertz CT molecular complexity index is 1080. The Morgan fingerprint density at radius 3 is 2.69 bits per heavy atom. The van der Waals surface area contributed by atoms with Crippen molar-refractivity contribution in [3.63, 3.8) is 0 Å². The second kappa shape index (κ2) is 6.48. The summed E-state index contributed by atoms with van der Waals surface area (Å²) in [6.07, 6.45) is 0. The zero-order valence-corrected chi connectivity index (χ0v) is 14.4. The van der Waals surface area contributed by atoms with Gasteiger partial charge in [0.1, 0.15) is 0 Å². The lowest BCUT2D eigenvalue weighted by Crippen LogP contribution is -2.06. The molecule has 0 unspecified atom stereocenters. The molecule has 4 aromatic rings. The highest BCUT2D eigenvalue weighted by Crippen LogP contribution is 2.23. The van der Waals surface area contributed by atoms with E-state index in [0.29, 0.717) is 11.4 Å². The van der Waals surface area contributed by atoms with Crippen LogP contribution in [0.2, 0.25) is 0 Å². The van der Waals surface area contributed by atoms with Crippen molar-refractivity contribution < 1.29 is 14.1 Å². The summed E-state index contributed by atoms with van der Waals surface area (Å²) >= 11 is 0. The zero-order chi connectivity index (χ0) is 18.1. The predicted molar refractivity (Wildman–Crippen MR) is 96.6 cm³/mol. The van der Waals surface area contributed by atoms with Crippen molar-refractivity contribution in [3.05, 3.63) is 71.2 Å². The molecule has 2 aromatic heterocycles. The highest BCUT2D eigenvalue weighted by molar-refractivity contribution is 6.05. The molecule has 0 bridgehead atoms. The number of fused-ring (bicyclic) bond motifs is 1. The topological polar surface area (TPSA) is 81.0 Å². The fourth-order valence-corrected chi connectivity index (χ4v) is 2.87. The lowest BCUT2D eigenvalue weighted by atomic mass is 10.1. The van der Waals surface area contributed by atoms with E-state index in [0.717, 1.165) is 27.7 Å². The number of aromatic nitrogens is 3. The molecular formula is C20H17N3O3. The number of carbonyl (C=O) groups is 1. The van der Waals surface area contributed by atoms with Gasteiger partial charge in [-0.25, -0.2) is 4.79 Å². The monoisotopic (exact) mass is 347 g/mol. The maximum Gasteiger partial charge on any atom is 0.341 e. The summed E-state index contributed by atoms with van der Waals surface area (Å²) in [6, 6.07) is 15.4. The Morgan fingerprint density at radius 1 is 1.12 bits per heavy atom. The highest BCUT2D eigenvalue weighted by Gasteiger charge is 2.18. The number of hydrogen-bond acceptors (Lipinski definition) is 5. The minimum Gasteiger partial charge on any atom is -0.452 e. The molecule has 0 atom stereocenters. The minimum atomic E-state index is -0.421. The molecule has 0 radical (unpaired) electrons. The quantitative estimate of drug-likeness (QED) is 0.560. The number of hydrogen-bond donors (Lipinski definition) is 1. The number of nitrogens with zero attached hydrogens (tertiary/aromatic N) is 2. The first-order valence-corrected chi connectivity index (χ1v) is 8.26. The Labute approximate surface area is 149 Å². The van der Waals surface area contributed by atoms with Crippen molar-refractivity contribution in [1.82, 2.24) is 15.1 Å². The van der Waals surface area contributed by atoms with Crippen LogP contribution in [0.25, 0.3) is 22.3 Å². The standard InChI is InChI=1S/C20H17N3O3/c1-12-7-9-14(10-8-12)19-22-17(26-23-19)11-25-20(24)18-13(2)21-16-6-4-3-5-15(16)18/h3-10,21H,11H2,1-2H3.